The maximum Gasteiger partial charge on any atom is 0.257 e. The van der Waals surface area contributed by atoms with Crippen molar-refractivity contribution in [2.45, 2.75) is 44.8 Å². The maximum atomic E-state index is 13.0. The number of rotatable bonds is 4. The number of carbonyl (C=O) groups is 1. The van der Waals surface area contributed by atoms with Gasteiger partial charge in [0.1, 0.15) is 0 Å². The van der Waals surface area contributed by atoms with Crippen molar-refractivity contribution in [1.29, 1.82) is 0 Å². The highest BCUT2D eigenvalue weighted by atomic mass is 19.3. The molecule has 1 aliphatic rings. The summed E-state index contributed by atoms with van der Waals surface area (Å²) < 4.78 is 36.5. The first kappa shape index (κ1) is 13.1. The lowest BCUT2D eigenvalue weighted by Gasteiger charge is -2.21. The number of amides is 1. The fourth-order valence-electron chi connectivity index (χ4n) is 1.85. The van der Waals surface area contributed by atoms with Gasteiger partial charge in [0.2, 0.25) is 5.91 Å². The highest BCUT2D eigenvalue weighted by Crippen LogP contribution is 2.23. The third-order valence-electron chi connectivity index (χ3n) is 2.68. The third-order valence-corrected chi connectivity index (χ3v) is 2.68. The van der Waals surface area contributed by atoms with Crippen molar-refractivity contribution in [1.82, 2.24) is 5.32 Å². The van der Waals surface area contributed by atoms with E-state index in [1.54, 1.807) is 0 Å². The molecule has 92 valence electrons. The summed E-state index contributed by atoms with van der Waals surface area (Å²) in [6, 6.07) is 0. The first-order chi connectivity index (χ1) is 7.59. The molecule has 0 saturated heterocycles. The van der Waals surface area contributed by atoms with Gasteiger partial charge in [-0.25, -0.2) is 13.2 Å². The predicted molar refractivity (Wildman–Crippen MR) is 54.8 cm³/mol. The molecule has 0 bridgehead atoms. The van der Waals surface area contributed by atoms with E-state index in [1.807, 2.05) is 0 Å². The zero-order chi connectivity index (χ0) is 12.0. The zero-order valence-electron chi connectivity index (χ0n) is 8.96. The monoisotopic (exact) mass is 235 g/mol. The molecule has 1 amide bonds. The minimum Gasteiger partial charge on any atom is -0.323 e. The van der Waals surface area contributed by atoms with E-state index in [0.29, 0.717) is 12.2 Å². The van der Waals surface area contributed by atoms with Crippen LogP contribution in [0.3, 0.4) is 0 Å². The molecular formula is C11H16F3NO. The molecule has 16 heavy (non-hydrogen) atoms. The number of halogens is 3. The molecule has 1 saturated carbocycles. The Hall–Kier alpha value is -1.00. The Kier molecular flexibility index (Phi) is 5.35. The fourth-order valence-corrected chi connectivity index (χ4v) is 1.85. The number of allylic oxidation sites excluding steroid dienone is 1. The molecule has 0 aromatic rings. The lowest BCUT2D eigenvalue weighted by atomic mass is 9.89. The lowest BCUT2D eigenvalue weighted by Crippen LogP contribution is -2.36. The van der Waals surface area contributed by atoms with Crippen molar-refractivity contribution in [3.8, 4) is 0 Å². The molecule has 0 spiro atoms. The second-order valence-electron chi connectivity index (χ2n) is 3.96. The standard InChI is InChI=1S/C11H16F3NO/c12-9(13)6-7-10(14)15-11(16)8-4-2-1-3-5-8/h6-10H,1-5H2,(H,15,16). The van der Waals surface area contributed by atoms with Crippen LogP contribution in [-0.2, 0) is 4.79 Å². The fraction of sp³-hybridized carbons (Fsp3) is 0.727. The van der Waals surface area contributed by atoms with Crippen LogP contribution in [0.5, 0.6) is 0 Å². The van der Waals surface area contributed by atoms with Gasteiger partial charge < -0.3 is 5.32 Å². The molecule has 1 unspecified atom stereocenters. The van der Waals surface area contributed by atoms with E-state index in [1.165, 1.54) is 0 Å². The van der Waals surface area contributed by atoms with Gasteiger partial charge in [-0.15, -0.1) is 0 Å². The van der Waals surface area contributed by atoms with Crippen LogP contribution < -0.4 is 5.32 Å². The molecule has 1 aliphatic carbocycles. The van der Waals surface area contributed by atoms with Crippen molar-refractivity contribution in [3.63, 3.8) is 0 Å². The smallest absolute Gasteiger partial charge is 0.257 e. The largest absolute Gasteiger partial charge is 0.323 e. The molecule has 1 fully saturated rings. The van der Waals surface area contributed by atoms with Crippen LogP contribution in [0.1, 0.15) is 32.1 Å². The summed E-state index contributed by atoms with van der Waals surface area (Å²) >= 11 is 0. The quantitative estimate of drug-likeness (QED) is 0.589. The molecule has 1 atom stereocenters. The van der Waals surface area contributed by atoms with E-state index in [2.05, 4.69) is 5.32 Å². The average Bonchev–Trinajstić information content (AvgIpc) is 2.27. The van der Waals surface area contributed by atoms with Gasteiger partial charge in [-0.1, -0.05) is 19.3 Å². The van der Waals surface area contributed by atoms with Gasteiger partial charge in [0.05, 0.1) is 0 Å². The van der Waals surface area contributed by atoms with E-state index >= 15 is 0 Å². The Morgan fingerprint density at radius 3 is 2.31 bits per heavy atom. The van der Waals surface area contributed by atoms with Crippen molar-refractivity contribution in [2.75, 3.05) is 0 Å². The third kappa shape index (κ3) is 4.68. The minimum absolute atomic E-state index is 0.160. The summed E-state index contributed by atoms with van der Waals surface area (Å²) in [6.45, 7) is 0. The summed E-state index contributed by atoms with van der Waals surface area (Å²) in [7, 11) is 0. The van der Waals surface area contributed by atoms with Gasteiger partial charge in [-0.3, -0.25) is 4.79 Å². The molecule has 1 N–H and O–H groups in total. The molecule has 5 heteroatoms. The molecular weight excluding hydrogens is 219 g/mol. The summed E-state index contributed by atoms with van der Waals surface area (Å²) in [6.07, 6.45) is 1.18. The van der Waals surface area contributed by atoms with Gasteiger partial charge in [0.15, 0.2) is 6.30 Å². The van der Waals surface area contributed by atoms with E-state index < -0.39 is 12.7 Å². The van der Waals surface area contributed by atoms with Gasteiger partial charge in [-0.2, -0.15) is 0 Å². The Balaban J connectivity index is 2.32. The van der Waals surface area contributed by atoms with Crippen molar-refractivity contribution in [2.24, 2.45) is 5.92 Å². The van der Waals surface area contributed by atoms with E-state index in [0.717, 1.165) is 32.1 Å². The number of carbonyl (C=O) groups excluding carboxylic acids is 1. The highest BCUT2D eigenvalue weighted by molar-refractivity contribution is 5.79. The number of nitrogens with one attached hydrogen (secondary N) is 1. The van der Waals surface area contributed by atoms with Gasteiger partial charge in [-0.05, 0) is 25.0 Å². The van der Waals surface area contributed by atoms with Crippen LogP contribution in [0.2, 0.25) is 0 Å². The van der Waals surface area contributed by atoms with Gasteiger partial charge in [0, 0.05) is 5.92 Å². The Morgan fingerprint density at radius 1 is 1.12 bits per heavy atom. The molecule has 0 aromatic carbocycles. The van der Waals surface area contributed by atoms with Gasteiger partial charge in [0.25, 0.3) is 6.43 Å². The normalized spacial score (nSPS) is 20.2. The SMILES string of the molecule is O=C(NC(F)C=CC(F)F)C1CCCCC1. The van der Waals surface area contributed by atoms with Crippen molar-refractivity contribution >= 4 is 5.91 Å². The molecule has 0 aromatic heterocycles. The average molecular weight is 235 g/mol. The number of hydrogen-bond donors (Lipinski definition) is 1. The molecule has 0 heterocycles. The van der Waals surface area contributed by atoms with E-state index in [-0.39, 0.29) is 11.8 Å². The predicted octanol–water partition coefficient (Wildman–Crippen LogP) is 2.80. The second-order valence-corrected chi connectivity index (χ2v) is 3.96. The molecule has 0 aliphatic heterocycles. The highest BCUT2D eigenvalue weighted by Gasteiger charge is 2.22. The summed E-state index contributed by atoms with van der Waals surface area (Å²) in [4.78, 5) is 11.5. The van der Waals surface area contributed by atoms with Crippen LogP contribution in [0.25, 0.3) is 0 Å². The number of hydrogen-bond acceptors (Lipinski definition) is 1. The molecule has 2 nitrogen and oxygen atoms in total. The van der Waals surface area contributed by atoms with Crippen LogP contribution in [-0.4, -0.2) is 18.6 Å². The van der Waals surface area contributed by atoms with E-state index in [9.17, 15) is 18.0 Å². The van der Waals surface area contributed by atoms with E-state index in [4.69, 9.17) is 0 Å². The Bertz CT molecular complexity index is 250. The van der Waals surface area contributed by atoms with Crippen LogP contribution in [0.4, 0.5) is 13.2 Å². The zero-order valence-corrected chi connectivity index (χ0v) is 8.96. The van der Waals surface area contributed by atoms with Crippen molar-refractivity contribution in [3.05, 3.63) is 12.2 Å². The molecule has 1 rings (SSSR count). The number of alkyl halides is 3. The van der Waals surface area contributed by atoms with Crippen molar-refractivity contribution < 1.29 is 18.0 Å². The first-order valence-corrected chi connectivity index (χ1v) is 5.50. The molecule has 0 radical (unpaired) electrons. The van der Waals surface area contributed by atoms with Gasteiger partial charge >= 0.3 is 0 Å². The Morgan fingerprint density at radius 2 is 1.75 bits per heavy atom. The minimum atomic E-state index is -2.69. The first-order valence-electron chi connectivity index (χ1n) is 5.50. The maximum absolute atomic E-state index is 13.0. The van der Waals surface area contributed by atoms with Crippen LogP contribution in [0.15, 0.2) is 12.2 Å². The van der Waals surface area contributed by atoms with Crippen LogP contribution in [0, 0.1) is 5.92 Å². The lowest BCUT2D eigenvalue weighted by molar-refractivity contribution is -0.127. The summed E-state index contributed by atoms with van der Waals surface area (Å²) in [5.41, 5.74) is 0. The summed E-state index contributed by atoms with van der Waals surface area (Å²) in [5, 5.41) is 2.08. The summed E-state index contributed by atoms with van der Waals surface area (Å²) in [5.74, 6) is -0.530. The Labute approximate surface area is 92.9 Å². The second kappa shape index (κ2) is 6.55. The van der Waals surface area contributed by atoms with Crippen LogP contribution >= 0.6 is 0 Å². The topological polar surface area (TPSA) is 29.1 Å².